The van der Waals surface area contributed by atoms with Gasteiger partial charge in [0.15, 0.2) is 0 Å². The van der Waals surface area contributed by atoms with Gasteiger partial charge in [-0.25, -0.2) is 9.37 Å². The molecule has 31 heavy (non-hydrogen) atoms. The molecule has 4 rings (SSSR count). The SMILES string of the molecule is Cc1ccc(-c2nc(C)sc2CC(=O)OC(C(=O)NC2CC2)c2ccc(F)cc2)cc1. The summed E-state index contributed by atoms with van der Waals surface area (Å²) in [5.74, 6) is -1.33. The number of amides is 1. The third kappa shape index (κ3) is 5.35. The summed E-state index contributed by atoms with van der Waals surface area (Å²) >= 11 is 1.43. The molecular weight excluding hydrogens is 415 g/mol. The Bertz CT molecular complexity index is 1090. The first-order valence-corrected chi connectivity index (χ1v) is 11.0. The standard InChI is InChI=1S/C24H23FN2O3S/c1-14-3-5-16(6-4-14)22-20(31-15(2)26-22)13-21(28)30-23(24(29)27-19-11-12-19)17-7-9-18(25)10-8-17/h3-10,19,23H,11-13H2,1-2H3,(H,27,29). The molecule has 1 aliphatic rings. The molecule has 0 radical (unpaired) electrons. The van der Waals surface area contributed by atoms with Crippen LogP contribution in [0.2, 0.25) is 0 Å². The Hall–Kier alpha value is -3.06. The first kappa shape index (κ1) is 21.2. The van der Waals surface area contributed by atoms with E-state index in [9.17, 15) is 14.0 Å². The highest BCUT2D eigenvalue weighted by molar-refractivity contribution is 7.12. The lowest BCUT2D eigenvalue weighted by atomic mass is 10.1. The molecule has 1 heterocycles. The summed E-state index contributed by atoms with van der Waals surface area (Å²) in [5.41, 5.74) is 3.26. The van der Waals surface area contributed by atoms with Crippen LogP contribution in [0.3, 0.4) is 0 Å². The maximum absolute atomic E-state index is 13.3. The highest BCUT2D eigenvalue weighted by Crippen LogP contribution is 2.30. The normalized spacial score (nSPS) is 14.2. The molecule has 1 amide bonds. The molecule has 1 saturated carbocycles. The smallest absolute Gasteiger partial charge is 0.312 e. The molecule has 3 aromatic rings. The number of nitrogens with zero attached hydrogens (tertiary/aromatic N) is 1. The van der Waals surface area contributed by atoms with Crippen LogP contribution in [0, 0.1) is 19.7 Å². The summed E-state index contributed by atoms with van der Waals surface area (Å²) in [4.78, 5) is 30.9. The highest BCUT2D eigenvalue weighted by Gasteiger charge is 2.31. The van der Waals surface area contributed by atoms with Gasteiger partial charge >= 0.3 is 5.97 Å². The Morgan fingerprint density at radius 2 is 1.81 bits per heavy atom. The minimum atomic E-state index is -1.12. The van der Waals surface area contributed by atoms with Crippen LogP contribution in [0.15, 0.2) is 48.5 Å². The van der Waals surface area contributed by atoms with E-state index in [2.05, 4.69) is 10.3 Å². The van der Waals surface area contributed by atoms with Crippen LogP contribution in [0.5, 0.6) is 0 Å². The van der Waals surface area contributed by atoms with Crippen LogP contribution < -0.4 is 5.32 Å². The van der Waals surface area contributed by atoms with Gasteiger partial charge in [0.05, 0.1) is 17.1 Å². The van der Waals surface area contributed by atoms with E-state index in [4.69, 9.17) is 4.74 Å². The van der Waals surface area contributed by atoms with Crippen LogP contribution in [-0.4, -0.2) is 22.9 Å². The van der Waals surface area contributed by atoms with Gasteiger partial charge in [-0.15, -0.1) is 11.3 Å². The summed E-state index contributed by atoms with van der Waals surface area (Å²) in [5, 5.41) is 3.71. The largest absolute Gasteiger partial charge is 0.447 e. The van der Waals surface area contributed by atoms with Crippen LogP contribution in [0.25, 0.3) is 11.3 Å². The average molecular weight is 439 g/mol. The van der Waals surface area contributed by atoms with E-state index >= 15 is 0 Å². The third-order valence-corrected chi connectivity index (χ3v) is 5.99. The zero-order chi connectivity index (χ0) is 22.0. The van der Waals surface area contributed by atoms with Crippen molar-refractivity contribution in [3.8, 4) is 11.3 Å². The number of carbonyl (C=O) groups excluding carboxylic acids is 2. The Morgan fingerprint density at radius 1 is 1.13 bits per heavy atom. The fraction of sp³-hybridized carbons (Fsp3) is 0.292. The van der Waals surface area contributed by atoms with Crippen molar-refractivity contribution < 1.29 is 18.7 Å². The Labute approximate surface area is 184 Å². The van der Waals surface area contributed by atoms with Crippen molar-refractivity contribution in [3.05, 3.63) is 75.4 Å². The lowest BCUT2D eigenvalue weighted by Crippen LogP contribution is -2.33. The van der Waals surface area contributed by atoms with E-state index in [-0.39, 0.29) is 18.4 Å². The molecule has 1 atom stereocenters. The number of halogens is 1. The van der Waals surface area contributed by atoms with E-state index in [0.29, 0.717) is 5.56 Å². The van der Waals surface area contributed by atoms with Crippen molar-refractivity contribution in [1.82, 2.24) is 10.3 Å². The monoisotopic (exact) mass is 438 g/mol. The second-order valence-corrected chi connectivity index (χ2v) is 9.04. The maximum Gasteiger partial charge on any atom is 0.312 e. The van der Waals surface area contributed by atoms with E-state index in [0.717, 1.165) is 39.5 Å². The van der Waals surface area contributed by atoms with E-state index in [1.807, 2.05) is 38.1 Å². The molecular formula is C24H23FN2O3S. The summed E-state index contributed by atoms with van der Waals surface area (Å²) < 4.78 is 18.9. The molecule has 5 nitrogen and oxygen atoms in total. The number of benzene rings is 2. The van der Waals surface area contributed by atoms with Crippen molar-refractivity contribution in [2.75, 3.05) is 0 Å². The maximum atomic E-state index is 13.3. The number of hydrogen-bond acceptors (Lipinski definition) is 5. The lowest BCUT2D eigenvalue weighted by Gasteiger charge is -2.18. The molecule has 0 aliphatic heterocycles. The Kier molecular flexibility index (Phi) is 6.13. The summed E-state index contributed by atoms with van der Waals surface area (Å²) in [6.45, 7) is 3.90. The first-order chi connectivity index (χ1) is 14.9. The van der Waals surface area contributed by atoms with Crippen LogP contribution in [0.1, 0.15) is 40.0 Å². The summed E-state index contributed by atoms with van der Waals surface area (Å²) in [7, 11) is 0. The van der Waals surface area contributed by atoms with E-state index < -0.39 is 17.9 Å². The first-order valence-electron chi connectivity index (χ1n) is 10.2. The van der Waals surface area contributed by atoms with Crippen molar-refractivity contribution in [3.63, 3.8) is 0 Å². The Morgan fingerprint density at radius 3 is 2.45 bits per heavy atom. The van der Waals surface area contributed by atoms with E-state index in [1.54, 1.807) is 0 Å². The lowest BCUT2D eigenvalue weighted by molar-refractivity contribution is -0.155. The van der Waals surface area contributed by atoms with Crippen molar-refractivity contribution >= 4 is 23.2 Å². The number of carbonyl (C=O) groups is 2. The van der Waals surface area contributed by atoms with Gasteiger partial charge in [-0.2, -0.15) is 0 Å². The van der Waals surface area contributed by atoms with Crippen LogP contribution in [-0.2, 0) is 20.7 Å². The number of hydrogen-bond donors (Lipinski definition) is 1. The number of ether oxygens (including phenoxy) is 1. The molecule has 0 spiro atoms. The topological polar surface area (TPSA) is 68.3 Å². The zero-order valence-corrected chi connectivity index (χ0v) is 18.2. The van der Waals surface area contributed by atoms with Gasteiger partial charge in [0.2, 0.25) is 6.10 Å². The van der Waals surface area contributed by atoms with Gasteiger partial charge in [-0.05, 0) is 38.8 Å². The molecule has 1 aromatic heterocycles. The molecule has 1 N–H and O–H groups in total. The highest BCUT2D eigenvalue weighted by atomic mass is 32.1. The fourth-order valence-electron chi connectivity index (χ4n) is 3.25. The number of aryl methyl sites for hydroxylation is 2. The second kappa shape index (κ2) is 8.98. The number of thiazole rings is 1. The van der Waals surface area contributed by atoms with E-state index in [1.165, 1.54) is 35.6 Å². The van der Waals surface area contributed by atoms with Gasteiger partial charge in [-0.3, -0.25) is 9.59 Å². The molecule has 0 bridgehead atoms. The zero-order valence-electron chi connectivity index (χ0n) is 17.4. The average Bonchev–Trinajstić information content (AvgIpc) is 3.48. The quantitative estimate of drug-likeness (QED) is 0.544. The number of esters is 1. The summed E-state index contributed by atoms with van der Waals surface area (Å²) in [6.07, 6.45) is 0.708. The molecule has 1 unspecified atom stereocenters. The predicted octanol–water partition coefficient (Wildman–Crippen LogP) is 4.67. The van der Waals surface area contributed by atoms with Crippen LogP contribution in [0.4, 0.5) is 4.39 Å². The minimum absolute atomic E-state index is 0.00309. The van der Waals surface area contributed by atoms with Crippen molar-refractivity contribution in [1.29, 1.82) is 0 Å². The number of rotatable bonds is 7. The second-order valence-electron chi connectivity index (χ2n) is 7.75. The van der Waals surface area contributed by atoms with Crippen LogP contribution >= 0.6 is 11.3 Å². The molecule has 160 valence electrons. The molecule has 2 aromatic carbocycles. The van der Waals surface area contributed by atoms with Gasteiger partial charge in [0.25, 0.3) is 5.91 Å². The van der Waals surface area contributed by atoms with Crippen molar-refractivity contribution in [2.24, 2.45) is 0 Å². The number of nitrogens with one attached hydrogen (secondary N) is 1. The summed E-state index contributed by atoms with van der Waals surface area (Å²) in [6, 6.07) is 13.5. The minimum Gasteiger partial charge on any atom is -0.447 e. The third-order valence-electron chi connectivity index (χ3n) is 5.02. The molecule has 1 aliphatic carbocycles. The fourth-order valence-corrected chi connectivity index (χ4v) is 4.19. The van der Waals surface area contributed by atoms with Gasteiger partial charge in [-0.1, -0.05) is 42.0 Å². The molecule has 7 heteroatoms. The van der Waals surface area contributed by atoms with Crippen molar-refractivity contribution in [2.45, 2.75) is 45.3 Å². The predicted molar refractivity (Wildman–Crippen MR) is 117 cm³/mol. The van der Waals surface area contributed by atoms with Gasteiger partial charge < -0.3 is 10.1 Å². The Balaban J connectivity index is 1.53. The molecule has 0 saturated heterocycles. The number of aromatic nitrogens is 1. The molecule has 1 fully saturated rings. The van der Waals surface area contributed by atoms with Gasteiger partial charge in [0.1, 0.15) is 5.82 Å². The van der Waals surface area contributed by atoms with Gasteiger partial charge in [0, 0.05) is 22.0 Å².